The van der Waals surface area contributed by atoms with Crippen LogP contribution in [0.2, 0.25) is 0 Å². The molecule has 0 spiro atoms. The maximum atomic E-state index is 11.4. The fourth-order valence-corrected chi connectivity index (χ4v) is 4.57. The fraction of sp³-hybridized carbons (Fsp3) is 0.200. The Kier molecular flexibility index (Phi) is 7.04. The molecule has 8 heteroatoms. The molecule has 0 saturated carbocycles. The fourth-order valence-electron chi connectivity index (χ4n) is 3.40. The number of aryl methyl sites for hydroxylation is 2. The van der Waals surface area contributed by atoms with Gasteiger partial charge in [0.25, 0.3) is 0 Å². The highest BCUT2D eigenvalue weighted by molar-refractivity contribution is 7.99. The zero-order valence-electron chi connectivity index (χ0n) is 18.4. The second-order valence-corrected chi connectivity index (χ2v) is 8.84. The van der Waals surface area contributed by atoms with Crippen molar-refractivity contribution >= 4 is 11.8 Å². The van der Waals surface area contributed by atoms with Crippen molar-refractivity contribution in [3.05, 3.63) is 111 Å². The highest BCUT2D eigenvalue weighted by atomic mass is 32.2. The van der Waals surface area contributed by atoms with Crippen molar-refractivity contribution in [1.29, 1.82) is 0 Å². The SMILES string of the molecule is Cc1ccc(COc2ccc([C@H](C[N+](=O)[O-])Sc3nnc(C)n3-c3ccccc3)cc2)cc1. The van der Waals surface area contributed by atoms with Crippen molar-refractivity contribution in [2.75, 3.05) is 6.54 Å². The summed E-state index contributed by atoms with van der Waals surface area (Å²) >= 11 is 1.34. The first-order valence-electron chi connectivity index (χ1n) is 10.5. The number of nitrogens with zero attached hydrogens (tertiary/aromatic N) is 4. The van der Waals surface area contributed by atoms with Crippen LogP contribution >= 0.6 is 11.8 Å². The van der Waals surface area contributed by atoms with Crippen molar-refractivity contribution in [2.24, 2.45) is 0 Å². The Labute approximate surface area is 196 Å². The number of para-hydroxylation sites is 1. The average Bonchev–Trinajstić information content (AvgIpc) is 3.19. The number of hydrogen-bond acceptors (Lipinski definition) is 6. The lowest BCUT2D eigenvalue weighted by atomic mass is 10.1. The lowest BCUT2D eigenvalue weighted by molar-refractivity contribution is -0.479. The third-order valence-corrected chi connectivity index (χ3v) is 6.33. The summed E-state index contributed by atoms with van der Waals surface area (Å²) < 4.78 is 7.79. The zero-order valence-corrected chi connectivity index (χ0v) is 19.2. The monoisotopic (exact) mass is 460 g/mol. The van der Waals surface area contributed by atoms with E-state index in [1.165, 1.54) is 17.3 Å². The normalized spacial score (nSPS) is 11.8. The Morgan fingerprint density at radius 3 is 2.33 bits per heavy atom. The number of ether oxygens (including phenoxy) is 1. The maximum absolute atomic E-state index is 11.4. The van der Waals surface area contributed by atoms with E-state index in [9.17, 15) is 10.1 Å². The standard InChI is InChI=1S/C25H24N4O3S/c1-18-8-10-20(11-9-18)17-32-23-14-12-21(13-15-23)24(16-28(30)31)33-25-27-26-19(2)29(25)22-6-4-3-5-7-22/h3-15,24H,16-17H2,1-2H3/t24-/m0/s1. The first-order valence-corrected chi connectivity index (χ1v) is 11.4. The molecule has 0 bridgehead atoms. The smallest absolute Gasteiger partial charge is 0.220 e. The van der Waals surface area contributed by atoms with Crippen molar-refractivity contribution in [3.8, 4) is 11.4 Å². The highest BCUT2D eigenvalue weighted by Crippen LogP contribution is 2.36. The molecule has 0 saturated heterocycles. The first kappa shape index (κ1) is 22.5. The largest absolute Gasteiger partial charge is 0.489 e. The van der Waals surface area contributed by atoms with E-state index < -0.39 is 5.25 Å². The summed E-state index contributed by atoms with van der Waals surface area (Å²) in [6, 6.07) is 25.4. The van der Waals surface area contributed by atoms with Gasteiger partial charge in [-0.2, -0.15) is 0 Å². The minimum absolute atomic E-state index is 0.227. The van der Waals surface area contributed by atoms with Gasteiger partial charge in [0.1, 0.15) is 23.4 Å². The summed E-state index contributed by atoms with van der Waals surface area (Å²) in [5, 5.41) is 20.1. The molecule has 7 nitrogen and oxygen atoms in total. The van der Waals surface area contributed by atoms with Gasteiger partial charge in [-0.1, -0.05) is 71.9 Å². The molecule has 0 aliphatic rings. The van der Waals surface area contributed by atoms with Gasteiger partial charge in [-0.3, -0.25) is 14.7 Å². The molecule has 0 fully saturated rings. The Hall–Kier alpha value is -3.65. The molecule has 168 valence electrons. The van der Waals surface area contributed by atoms with Gasteiger partial charge in [0, 0.05) is 10.6 Å². The van der Waals surface area contributed by atoms with E-state index >= 15 is 0 Å². The number of rotatable bonds is 9. The lowest BCUT2D eigenvalue weighted by Crippen LogP contribution is -2.11. The summed E-state index contributed by atoms with van der Waals surface area (Å²) in [6.07, 6.45) is 0. The Morgan fingerprint density at radius 1 is 0.970 bits per heavy atom. The van der Waals surface area contributed by atoms with Gasteiger partial charge in [-0.25, -0.2) is 0 Å². The molecule has 0 aliphatic carbocycles. The second kappa shape index (κ2) is 10.3. The number of thioether (sulfide) groups is 1. The second-order valence-electron chi connectivity index (χ2n) is 7.67. The van der Waals surface area contributed by atoms with Crippen LogP contribution in [0, 0.1) is 24.0 Å². The van der Waals surface area contributed by atoms with Crippen LogP contribution in [0.25, 0.3) is 5.69 Å². The van der Waals surface area contributed by atoms with E-state index in [1.807, 2.05) is 85.1 Å². The molecule has 1 heterocycles. The summed E-state index contributed by atoms with van der Waals surface area (Å²) in [5.74, 6) is 1.44. The third kappa shape index (κ3) is 5.78. The Morgan fingerprint density at radius 2 is 1.67 bits per heavy atom. The Bertz CT molecular complexity index is 1210. The van der Waals surface area contributed by atoms with Crippen molar-refractivity contribution in [1.82, 2.24) is 14.8 Å². The average molecular weight is 461 g/mol. The van der Waals surface area contributed by atoms with E-state index in [1.54, 1.807) is 0 Å². The topological polar surface area (TPSA) is 83.1 Å². The van der Waals surface area contributed by atoms with E-state index in [2.05, 4.69) is 22.3 Å². The van der Waals surface area contributed by atoms with Gasteiger partial charge in [0.2, 0.25) is 6.54 Å². The first-order chi connectivity index (χ1) is 16.0. The quantitative estimate of drug-likeness (QED) is 0.184. The van der Waals surface area contributed by atoms with E-state index in [0.717, 1.165) is 22.6 Å². The predicted octanol–water partition coefficient (Wildman–Crippen LogP) is 5.57. The van der Waals surface area contributed by atoms with Crippen LogP contribution in [0.3, 0.4) is 0 Å². The van der Waals surface area contributed by atoms with E-state index in [4.69, 9.17) is 4.74 Å². The minimum atomic E-state index is -0.419. The number of nitro groups is 1. The third-order valence-electron chi connectivity index (χ3n) is 5.15. The molecule has 0 aliphatic heterocycles. The zero-order chi connectivity index (χ0) is 23.2. The number of aromatic nitrogens is 3. The van der Waals surface area contributed by atoms with Crippen LogP contribution in [-0.4, -0.2) is 26.2 Å². The molecule has 0 radical (unpaired) electrons. The van der Waals surface area contributed by atoms with Gasteiger partial charge >= 0.3 is 0 Å². The number of hydrogen-bond donors (Lipinski definition) is 0. The van der Waals surface area contributed by atoms with Gasteiger partial charge in [0.15, 0.2) is 5.16 Å². The molecular formula is C25H24N4O3S. The van der Waals surface area contributed by atoms with Crippen molar-refractivity contribution < 1.29 is 9.66 Å². The van der Waals surface area contributed by atoms with Crippen molar-refractivity contribution in [3.63, 3.8) is 0 Å². The van der Waals surface area contributed by atoms with Gasteiger partial charge in [-0.05, 0) is 49.2 Å². The van der Waals surface area contributed by atoms with Crippen LogP contribution in [0.5, 0.6) is 5.75 Å². The molecule has 4 rings (SSSR count). The predicted molar refractivity (Wildman–Crippen MR) is 129 cm³/mol. The summed E-state index contributed by atoms with van der Waals surface area (Å²) in [7, 11) is 0. The molecule has 1 aromatic heterocycles. The molecule has 3 aromatic carbocycles. The van der Waals surface area contributed by atoms with Crippen molar-refractivity contribution in [2.45, 2.75) is 30.9 Å². The van der Waals surface area contributed by atoms with Crippen LogP contribution in [0.4, 0.5) is 0 Å². The van der Waals surface area contributed by atoms with Gasteiger partial charge < -0.3 is 4.74 Å². The summed E-state index contributed by atoms with van der Waals surface area (Å²) in [4.78, 5) is 11.1. The van der Waals surface area contributed by atoms with Crippen LogP contribution < -0.4 is 4.74 Å². The molecular weight excluding hydrogens is 436 g/mol. The number of benzene rings is 3. The molecule has 0 amide bonds. The van der Waals surface area contributed by atoms with Crippen LogP contribution in [0.15, 0.2) is 84.0 Å². The molecule has 0 unspecified atom stereocenters. The van der Waals surface area contributed by atoms with Crippen LogP contribution in [-0.2, 0) is 6.61 Å². The van der Waals surface area contributed by atoms with Gasteiger partial charge in [0.05, 0.1) is 0 Å². The molecule has 0 N–H and O–H groups in total. The van der Waals surface area contributed by atoms with E-state index in [-0.39, 0.29) is 11.5 Å². The lowest BCUT2D eigenvalue weighted by Gasteiger charge is -2.15. The molecule has 1 atom stereocenters. The maximum Gasteiger partial charge on any atom is 0.220 e. The Balaban J connectivity index is 1.51. The summed E-state index contributed by atoms with van der Waals surface area (Å²) in [5.41, 5.74) is 4.04. The summed E-state index contributed by atoms with van der Waals surface area (Å²) in [6.45, 7) is 4.15. The molecule has 33 heavy (non-hydrogen) atoms. The van der Waals surface area contributed by atoms with Gasteiger partial charge in [-0.15, -0.1) is 10.2 Å². The van der Waals surface area contributed by atoms with Crippen LogP contribution in [0.1, 0.15) is 27.8 Å². The minimum Gasteiger partial charge on any atom is -0.489 e. The van der Waals surface area contributed by atoms with E-state index in [0.29, 0.717) is 17.5 Å². The molecule has 4 aromatic rings. The highest BCUT2D eigenvalue weighted by Gasteiger charge is 2.23.